The van der Waals surface area contributed by atoms with Crippen LogP contribution < -0.4 is 5.73 Å². The molecule has 1 saturated carbocycles. The van der Waals surface area contributed by atoms with E-state index in [1.807, 2.05) is 0 Å². The van der Waals surface area contributed by atoms with Crippen LogP contribution in [0.4, 0.5) is 0 Å². The topological polar surface area (TPSA) is 61.5 Å². The van der Waals surface area contributed by atoms with Gasteiger partial charge in [-0.1, -0.05) is 19.8 Å². The molecule has 0 aromatic carbocycles. The summed E-state index contributed by atoms with van der Waals surface area (Å²) in [6.07, 6.45) is 5.56. The molecule has 0 heterocycles. The lowest BCUT2D eigenvalue weighted by Crippen LogP contribution is -2.24. The van der Waals surface area contributed by atoms with Crippen LogP contribution in [0.25, 0.3) is 0 Å². The van der Waals surface area contributed by atoms with Gasteiger partial charge < -0.3 is 15.2 Å². The summed E-state index contributed by atoms with van der Waals surface area (Å²) in [4.78, 5) is 11.3. The Morgan fingerprint density at radius 1 is 1.35 bits per heavy atom. The van der Waals surface area contributed by atoms with Gasteiger partial charge in [-0.05, 0) is 37.6 Å². The van der Waals surface area contributed by atoms with Crippen LogP contribution in [0.2, 0.25) is 0 Å². The molecule has 0 saturated heterocycles. The van der Waals surface area contributed by atoms with E-state index in [-0.39, 0.29) is 12.6 Å². The minimum Gasteiger partial charge on any atom is -0.464 e. The average Bonchev–Trinajstić information content (AvgIpc) is 2.77. The monoisotopic (exact) mass is 243 g/mol. The molecule has 17 heavy (non-hydrogen) atoms. The van der Waals surface area contributed by atoms with E-state index in [0.29, 0.717) is 25.0 Å². The Labute approximate surface area is 104 Å². The van der Waals surface area contributed by atoms with Crippen molar-refractivity contribution >= 4 is 5.97 Å². The van der Waals surface area contributed by atoms with Gasteiger partial charge in [-0.25, -0.2) is 4.79 Å². The number of hydrogen-bond donors (Lipinski definition) is 1. The van der Waals surface area contributed by atoms with Crippen LogP contribution in [0.3, 0.4) is 0 Å². The fraction of sp³-hybridized carbons (Fsp3) is 0.923. The Bertz CT molecular complexity index is 221. The molecule has 100 valence electrons. The van der Waals surface area contributed by atoms with Crippen molar-refractivity contribution in [2.45, 2.75) is 39.0 Å². The van der Waals surface area contributed by atoms with E-state index < -0.39 is 0 Å². The summed E-state index contributed by atoms with van der Waals surface area (Å²) >= 11 is 0. The van der Waals surface area contributed by atoms with Gasteiger partial charge in [0.25, 0.3) is 0 Å². The first kappa shape index (κ1) is 14.5. The normalized spacial score (nSPS) is 23.9. The van der Waals surface area contributed by atoms with E-state index in [1.54, 1.807) is 0 Å². The fourth-order valence-corrected chi connectivity index (χ4v) is 2.31. The van der Waals surface area contributed by atoms with Gasteiger partial charge in [0.05, 0.1) is 13.2 Å². The maximum Gasteiger partial charge on any atom is 0.332 e. The molecular formula is C13H25NO3. The second-order valence-electron chi connectivity index (χ2n) is 4.78. The van der Waals surface area contributed by atoms with Crippen LogP contribution in [0.5, 0.6) is 0 Å². The maximum absolute atomic E-state index is 11.3. The number of esters is 1. The molecule has 0 amide bonds. The number of nitrogens with two attached hydrogens (primary N) is 1. The largest absolute Gasteiger partial charge is 0.464 e. The summed E-state index contributed by atoms with van der Waals surface area (Å²) in [6, 6.07) is 0. The van der Waals surface area contributed by atoms with Gasteiger partial charge >= 0.3 is 5.97 Å². The van der Waals surface area contributed by atoms with Gasteiger partial charge in [-0.15, -0.1) is 0 Å². The van der Waals surface area contributed by atoms with Crippen molar-refractivity contribution in [1.82, 2.24) is 0 Å². The highest BCUT2D eigenvalue weighted by Gasteiger charge is 2.26. The molecule has 4 heteroatoms. The first-order chi connectivity index (χ1) is 8.27. The summed E-state index contributed by atoms with van der Waals surface area (Å²) in [5.41, 5.74) is 5.69. The second-order valence-corrected chi connectivity index (χ2v) is 4.78. The highest BCUT2D eigenvalue weighted by Crippen LogP contribution is 2.30. The SMILES string of the molecule is CCCCOC(=O)COCC1CCCC1CN. The molecular weight excluding hydrogens is 218 g/mol. The van der Waals surface area contributed by atoms with Crippen molar-refractivity contribution in [2.24, 2.45) is 17.6 Å². The van der Waals surface area contributed by atoms with Gasteiger partial charge in [0.2, 0.25) is 0 Å². The third-order valence-electron chi connectivity index (χ3n) is 3.43. The van der Waals surface area contributed by atoms with Crippen LogP contribution in [-0.2, 0) is 14.3 Å². The number of unbranched alkanes of at least 4 members (excludes halogenated alkanes) is 1. The van der Waals surface area contributed by atoms with Gasteiger partial charge in [0, 0.05) is 0 Å². The van der Waals surface area contributed by atoms with Crippen molar-refractivity contribution in [3.05, 3.63) is 0 Å². The summed E-state index contributed by atoms with van der Waals surface area (Å²) in [7, 11) is 0. The Hall–Kier alpha value is -0.610. The number of carbonyl (C=O) groups is 1. The molecule has 1 aliphatic carbocycles. The molecule has 0 aliphatic heterocycles. The lowest BCUT2D eigenvalue weighted by atomic mass is 9.97. The third-order valence-corrected chi connectivity index (χ3v) is 3.43. The molecule has 1 aliphatic rings. The molecule has 0 radical (unpaired) electrons. The summed E-state index contributed by atoms with van der Waals surface area (Å²) in [6.45, 7) is 4.03. The van der Waals surface area contributed by atoms with Crippen molar-refractivity contribution in [3.63, 3.8) is 0 Å². The lowest BCUT2D eigenvalue weighted by molar-refractivity contribution is -0.149. The predicted molar refractivity (Wildman–Crippen MR) is 66.6 cm³/mol. The van der Waals surface area contributed by atoms with E-state index in [1.165, 1.54) is 19.3 Å². The van der Waals surface area contributed by atoms with Crippen molar-refractivity contribution in [3.8, 4) is 0 Å². The quantitative estimate of drug-likeness (QED) is 0.521. The van der Waals surface area contributed by atoms with E-state index in [4.69, 9.17) is 15.2 Å². The minimum absolute atomic E-state index is 0.0809. The second kappa shape index (κ2) is 8.48. The molecule has 1 fully saturated rings. The Morgan fingerprint density at radius 3 is 2.82 bits per heavy atom. The highest BCUT2D eigenvalue weighted by atomic mass is 16.6. The van der Waals surface area contributed by atoms with Gasteiger partial charge in [0.15, 0.2) is 0 Å². The molecule has 0 spiro atoms. The standard InChI is InChI=1S/C13H25NO3/c1-2-3-7-17-13(15)10-16-9-12-6-4-5-11(12)8-14/h11-12H,2-10,14H2,1H3. The van der Waals surface area contributed by atoms with Crippen molar-refractivity contribution in [1.29, 1.82) is 0 Å². The van der Waals surface area contributed by atoms with E-state index in [9.17, 15) is 4.79 Å². The van der Waals surface area contributed by atoms with Gasteiger partial charge in [-0.3, -0.25) is 0 Å². The summed E-state index contributed by atoms with van der Waals surface area (Å²) in [5, 5.41) is 0. The van der Waals surface area contributed by atoms with Crippen LogP contribution in [0.15, 0.2) is 0 Å². The molecule has 0 aromatic heterocycles. The number of hydrogen-bond acceptors (Lipinski definition) is 4. The number of ether oxygens (including phenoxy) is 2. The zero-order valence-electron chi connectivity index (χ0n) is 10.8. The maximum atomic E-state index is 11.3. The number of rotatable bonds is 8. The lowest BCUT2D eigenvalue weighted by Gasteiger charge is -2.17. The molecule has 0 aromatic rings. The van der Waals surface area contributed by atoms with E-state index >= 15 is 0 Å². The Balaban J connectivity index is 2.04. The molecule has 0 bridgehead atoms. The van der Waals surface area contributed by atoms with E-state index in [2.05, 4.69) is 6.92 Å². The van der Waals surface area contributed by atoms with Crippen molar-refractivity contribution < 1.29 is 14.3 Å². The van der Waals surface area contributed by atoms with E-state index in [0.717, 1.165) is 19.4 Å². The third kappa shape index (κ3) is 5.50. The van der Waals surface area contributed by atoms with Crippen LogP contribution in [-0.4, -0.2) is 32.3 Å². The Morgan fingerprint density at radius 2 is 2.12 bits per heavy atom. The average molecular weight is 243 g/mol. The summed E-state index contributed by atoms with van der Waals surface area (Å²) in [5.74, 6) is 0.857. The zero-order chi connectivity index (χ0) is 12.5. The smallest absolute Gasteiger partial charge is 0.332 e. The molecule has 2 unspecified atom stereocenters. The van der Waals surface area contributed by atoms with Crippen LogP contribution in [0, 0.1) is 11.8 Å². The molecule has 1 rings (SSSR count). The first-order valence-electron chi connectivity index (χ1n) is 6.71. The van der Waals surface area contributed by atoms with Gasteiger partial charge in [-0.2, -0.15) is 0 Å². The molecule has 2 atom stereocenters. The summed E-state index contributed by atoms with van der Waals surface area (Å²) < 4.78 is 10.4. The van der Waals surface area contributed by atoms with Crippen LogP contribution in [0.1, 0.15) is 39.0 Å². The highest BCUT2D eigenvalue weighted by molar-refractivity contribution is 5.70. The Kier molecular flexibility index (Phi) is 7.21. The first-order valence-corrected chi connectivity index (χ1v) is 6.71. The van der Waals surface area contributed by atoms with Crippen molar-refractivity contribution in [2.75, 3.05) is 26.4 Å². The fourth-order valence-electron chi connectivity index (χ4n) is 2.31. The van der Waals surface area contributed by atoms with Gasteiger partial charge in [0.1, 0.15) is 6.61 Å². The molecule has 4 nitrogen and oxygen atoms in total. The minimum atomic E-state index is -0.249. The van der Waals surface area contributed by atoms with Crippen LogP contribution >= 0.6 is 0 Å². The molecule has 2 N–H and O–H groups in total. The number of carbonyl (C=O) groups excluding carboxylic acids is 1. The zero-order valence-corrected chi connectivity index (χ0v) is 10.8. The predicted octanol–water partition coefficient (Wildman–Crippen LogP) is 1.72.